The van der Waals surface area contributed by atoms with Crippen molar-refractivity contribution >= 4 is 38.9 Å². The number of hydrogen-bond donors (Lipinski definition) is 3. The van der Waals surface area contributed by atoms with Gasteiger partial charge in [-0.25, -0.2) is 0 Å². The molecule has 0 radical (unpaired) electrons. The van der Waals surface area contributed by atoms with E-state index in [-0.39, 0.29) is 0 Å². The van der Waals surface area contributed by atoms with E-state index in [1.165, 1.54) is 0 Å². The highest BCUT2D eigenvalue weighted by Gasteiger charge is 2.07. The number of benzene rings is 2. The molecule has 0 amide bonds. The summed E-state index contributed by atoms with van der Waals surface area (Å²) >= 11 is 8.60. The lowest BCUT2D eigenvalue weighted by atomic mass is 10.1. The van der Waals surface area contributed by atoms with Crippen molar-refractivity contribution in [3.05, 3.63) is 64.6 Å². The van der Waals surface area contributed by atoms with Crippen molar-refractivity contribution in [1.82, 2.24) is 5.32 Å². The van der Waals surface area contributed by atoms with E-state index in [1.807, 2.05) is 54.6 Å². The minimum absolute atomic E-state index is 0.365. The number of rotatable bonds is 4. The second-order valence-corrected chi connectivity index (χ2v) is 5.60. The van der Waals surface area contributed by atoms with Crippen LogP contribution in [-0.4, -0.2) is 16.8 Å². The highest BCUT2D eigenvalue weighted by molar-refractivity contribution is 9.10. The summed E-state index contributed by atoms with van der Waals surface area (Å²) in [6.07, 6.45) is -0.585. The quantitative estimate of drug-likeness (QED) is 0.738. The smallest absolute Gasteiger partial charge is 0.170 e. The van der Waals surface area contributed by atoms with Gasteiger partial charge in [-0.2, -0.15) is 0 Å². The molecule has 1 atom stereocenters. The lowest BCUT2D eigenvalue weighted by molar-refractivity contribution is 0.181. The number of aliphatic hydroxyl groups is 1. The first kappa shape index (κ1) is 15.0. The van der Waals surface area contributed by atoms with Gasteiger partial charge in [0.15, 0.2) is 5.11 Å². The maximum atomic E-state index is 10.0. The second kappa shape index (κ2) is 7.38. The molecular formula is C15H15BrN2OS. The fraction of sp³-hybridized carbons (Fsp3) is 0.133. The number of nitrogens with one attached hydrogen (secondary N) is 2. The highest BCUT2D eigenvalue weighted by Crippen LogP contribution is 2.15. The average molecular weight is 351 g/mol. The third-order valence-corrected chi connectivity index (χ3v) is 3.46. The molecular weight excluding hydrogens is 336 g/mol. The summed E-state index contributed by atoms with van der Waals surface area (Å²) in [5, 5.41) is 16.6. The van der Waals surface area contributed by atoms with Gasteiger partial charge in [-0.3, -0.25) is 0 Å². The van der Waals surface area contributed by atoms with E-state index in [1.54, 1.807) is 0 Å². The lowest BCUT2D eigenvalue weighted by Gasteiger charge is -2.15. The van der Waals surface area contributed by atoms with Crippen LogP contribution in [0.4, 0.5) is 5.69 Å². The number of aliphatic hydroxyl groups excluding tert-OH is 1. The van der Waals surface area contributed by atoms with Crippen LogP contribution >= 0.6 is 28.1 Å². The molecule has 104 valence electrons. The number of anilines is 1. The highest BCUT2D eigenvalue weighted by atomic mass is 79.9. The van der Waals surface area contributed by atoms with Crippen LogP contribution in [0.15, 0.2) is 59.1 Å². The average Bonchev–Trinajstić information content (AvgIpc) is 2.46. The molecule has 3 N–H and O–H groups in total. The van der Waals surface area contributed by atoms with E-state index >= 15 is 0 Å². The third kappa shape index (κ3) is 4.59. The van der Waals surface area contributed by atoms with Gasteiger partial charge in [0.05, 0.1) is 6.10 Å². The van der Waals surface area contributed by atoms with Gasteiger partial charge < -0.3 is 15.7 Å². The molecule has 0 aromatic heterocycles. The Morgan fingerprint density at radius 2 is 1.90 bits per heavy atom. The fourth-order valence-electron chi connectivity index (χ4n) is 1.72. The molecule has 20 heavy (non-hydrogen) atoms. The van der Waals surface area contributed by atoms with E-state index in [0.717, 1.165) is 15.7 Å². The van der Waals surface area contributed by atoms with Crippen molar-refractivity contribution in [2.75, 3.05) is 11.9 Å². The van der Waals surface area contributed by atoms with E-state index in [2.05, 4.69) is 26.6 Å². The Labute approximate surface area is 132 Å². The summed E-state index contributed by atoms with van der Waals surface area (Å²) in [6, 6.07) is 17.2. The van der Waals surface area contributed by atoms with Gasteiger partial charge >= 0.3 is 0 Å². The predicted molar refractivity (Wildman–Crippen MR) is 89.8 cm³/mol. The third-order valence-electron chi connectivity index (χ3n) is 2.72. The second-order valence-electron chi connectivity index (χ2n) is 4.27. The number of halogens is 1. The molecule has 3 nitrogen and oxygen atoms in total. The molecule has 0 aliphatic carbocycles. The van der Waals surface area contributed by atoms with Crippen LogP contribution in [0.2, 0.25) is 0 Å². The molecule has 2 aromatic rings. The first-order valence-corrected chi connectivity index (χ1v) is 7.39. The topological polar surface area (TPSA) is 44.3 Å². The maximum absolute atomic E-state index is 10.0. The standard InChI is InChI=1S/C15H15BrN2OS/c16-12-7-4-8-13(9-12)18-15(20)17-10-14(19)11-5-2-1-3-6-11/h1-9,14,19H,10H2,(H2,17,18,20)/t14-/m1/s1. The zero-order valence-electron chi connectivity index (χ0n) is 10.7. The molecule has 0 saturated heterocycles. The van der Waals surface area contributed by atoms with Crippen LogP contribution in [0.25, 0.3) is 0 Å². The zero-order valence-corrected chi connectivity index (χ0v) is 13.1. The predicted octanol–water partition coefficient (Wildman–Crippen LogP) is 3.47. The van der Waals surface area contributed by atoms with Gasteiger partial charge in [0.25, 0.3) is 0 Å². The van der Waals surface area contributed by atoms with Crippen LogP contribution < -0.4 is 10.6 Å². The molecule has 0 bridgehead atoms. The molecule has 0 heterocycles. The van der Waals surface area contributed by atoms with Crippen molar-refractivity contribution in [3.8, 4) is 0 Å². The maximum Gasteiger partial charge on any atom is 0.170 e. The van der Waals surface area contributed by atoms with Crippen LogP contribution in [0.5, 0.6) is 0 Å². The SMILES string of the molecule is O[C@H](CNC(=S)Nc1cccc(Br)c1)c1ccccc1. The Morgan fingerprint density at radius 1 is 1.15 bits per heavy atom. The van der Waals surface area contributed by atoms with Gasteiger partial charge in [0, 0.05) is 16.7 Å². The minimum atomic E-state index is -0.585. The summed E-state index contributed by atoms with van der Waals surface area (Å²) in [6.45, 7) is 0.365. The summed E-state index contributed by atoms with van der Waals surface area (Å²) in [7, 11) is 0. The van der Waals surface area contributed by atoms with Crippen LogP contribution in [-0.2, 0) is 0 Å². The monoisotopic (exact) mass is 350 g/mol. The molecule has 5 heteroatoms. The first-order chi connectivity index (χ1) is 9.65. The Bertz CT molecular complexity index is 577. The molecule has 0 unspecified atom stereocenters. The summed E-state index contributed by atoms with van der Waals surface area (Å²) in [4.78, 5) is 0. The minimum Gasteiger partial charge on any atom is -0.387 e. The Kier molecular flexibility index (Phi) is 5.52. The summed E-state index contributed by atoms with van der Waals surface area (Å²) in [5.41, 5.74) is 1.76. The fourth-order valence-corrected chi connectivity index (χ4v) is 2.32. The van der Waals surface area contributed by atoms with E-state index in [4.69, 9.17) is 12.2 Å². The molecule has 0 fully saturated rings. The molecule has 2 aromatic carbocycles. The van der Waals surface area contributed by atoms with Crippen molar-refractivity contribution in [3.63, 3.8) is 0 Å². The van der Waals surface area contributed by atoms with Crippen LogP contribution in [0, 0.1) is 0 Å². The Hall–Kier alpha value is -1.43. The van der Waals surface area contributed by atoms with E-state index in [9.17, 15) is 5.11 Å². The Morgan fingerprint density at radius 3 is 2.60 bits per heavy atom. The summed E-state index contributed by atoms with van der Waals surface area (Å²) in [5.74, 6) is 0. The van der Waals surface area contributed by atoms with Crippen molar-refractivity contribution in [1.29, 1.82) is 0 Å². The first-order valence-electron chi connectivity index (χ1n) is 6.18. The van der Waals surface area contributed by atoms with Crippen LogP contribution in [0.1, 0.15) is 11.7 Å². The molecule has 0 saturated carbocycles. The molecule has 2 rings (SSSR count). The normalized spacial score (nSPS) is 11.7. The van der Waals surface area contributed by atoms with E-state index in [0.29, 0.717) is 11.7 Å². The van der Waals surface area contributed by atoms with Gasteiger partial charge in [-0.1, -0.05) is 52.3 Å². The van der Waals surface area contributed by atoms with Gasteiger partial charge in [-0.15, -0.1) is 0 Å². The molecule has 0 aliphatic heterocycles. The van der Waals surface area contributed by atoms with E-state index < -0.39 is 6.10 Å². The Balaban J connectivity index is 1.83. The number of hydrogen-bond acceptors (Lipinski definition) is 2. The molecule has 0 aliphatic rings. The van der Waals surface area contributed by atoms with Crippen molar-refractivity contribution in [2.45, 2.75) is 6.10 Å². The zero-order chi connectivity index (χ0) is 14.4. The van der Waals surface area contributed by atoms with Gasteiger partial charge in [0.1, 0.15) is 0 Å². The van der Waals surface area contributed by atoms with Crippen LogP contribution in [0.3, 0.4) is 0 Å². The lowest BCUT2D eigenvalue weighted by Crippen LogP contribution is -2.32. The largest absolute Gasteiger partial charge is 0.387 e. The number of thiocarbonyl (C=S) groups is 1. The van der Waals surface area contributed by atoms with Gasteiger partial charge in [-0.05, 0) is 36.0 Å². The van der Waals surface area contributed by atoms with Crippen molar-refractivity contribution in [2.24, 2.45) is 0 Å². The molecule has 0 spiro atoms. The van der Waals surface area contributed by atoms with Crippen molar-refractivity contribution < 1.29 is 5.11 Å². The van der Waals surface area contributed by atoms with Gasteiger partial charge in [0.2, 0.25) is 0 Å². The summed E-state index contributed by atoms with van der Waals surface area (Å²) < 4.78 is 0.981.